The van der Waals surface area contributed by atoms with Gasteiger partial charge in [0.1, 0.15) is 11.1 Å². The summed E-state index contributed by atoms with van der Waals surface area (Å²) in [4.78, 5) is 34.2. The number of carboxylic acid groups (broad SMARTS) is 1. The number of nitrogens with one attached hydrogen (secondary N) is 1. The number of benzene rings is 1. The van der Waals surface area contributed by atoms with E-state index in [0.29, 0.717) is 25.0 Å². The molecule has 0 saturated heterocycles. The Bertz CT molecular complexity index is 719. The van der Waals surface area contributed by atoms with Crippen LogP contribution < -0.4 is 5.32 Å². The van der Waals surface area contributed by atoms with E-state index in [4.69, 9.17) is 0 Å². The molecule has 25 heavy (non-hydrogen) atoms. The van der Waals surface area contributed by atoms with Crippen LogP contribution in [0.25, 0.3) is 0 Å². The van der Waals surface area contributed by atoms with Crippen molar-refractivity contribution in [2.24, 2.45) is 5.92 Å². The molecule has 7 nitrogen and oxygen atoms in total. The van der Waals surface area contributed by atoms with Gasteiger partial charge in [-0.05, 0) is 31.7 Å². The van der Waals surface area contributed by atoms with Gasteiger partial charge in [-0.1, -0.05) is 19.3 Å². The van der Waals surface area contributed by atoms with Crippen molar-refractivity contribution in [3.8, 4) is 0 Å². The molecule has 2 rings (SSSR count). The van der Waals surface area contributed by atoms with Crippen molar-refractivity contribution >= 4 is 17.6 Å². The molecule has 2 N–H and O–H groups in total. The van der Waals surface area contributed by atoms with Crippen molar-refractivity contribution < 1.29 is 28.4 Å². The Labute approximate surface area is 142 Å². The molecule has 136 valence electrons. The lowest BCUT2D eigenvalue weighted by Gasteiger charge is -2.37. The molecular weight excluding hydrogens is 338 g/mol. The normalized spacial score (nSPS) is 17.6. The molecule has 1 aliphatic carbocycles. The van der Waals surface area contributed by atoms with E-state index in [0.717, 1.165) is 19.3 Å². The lowest BCUT2D eigenvalue weighted by molar-refractivity contribution is -0.385. The summed E-state index contributed by atoms with van der Waals surface area (Å²) in [6.45, 7) is 1.33. The third-order valence-electron chi connectivity index (χ3n) is 4.72. The van der Waals surface area contributed by atoms with Gasteiger partial charge in [0.25, 0.3) is 11.6 Å². The number of halogens is 2. The van der Waals surface area contributed by atoms with Crippen molar-refractivity contribution in [1.29, 1.82) is 0 Å². The summed E-state index contributed by atoms with van der Waals surface area (Å²) in [5.74, 6) is -5.65. The van der Waals surface area contributed by atoms with Crippen LogP contribution in [0, 0.1) is 27.7 Å². The maximum Gasteiger partial charge on any atom is 0.329 e. The Morgan fingerprint density at radius 2 is 1.80 bits per heavy atom. The summed E-state index contributed by atoms with van der Waals surface area (Å²) in [6, 6.07) is 0.717. The molecule has 1 atom stereocenters. The number of carbonyl (C=O) groups is 2. The number of hydrogen-bond donors (Lipinski definition) is 2. The highest BCUT2D eigenvalue weighted by atomic mass is 19.2. The molecule has 1 saturated carbocycles. The topological polar surface area (TPSA) is 110 Å². The average molecular weight is 356 g/mol. The smallest absolute Gasteiger partial charge is 0.329 e. The number of nitrogens with zero attached hydrogens (tertiary/aromatic N) is 1. The van der Waals surface area contributed by atoms with Crippen LogP contribution in [0.2, 0.25) is 0 Å². The SMILES string of the molecule is C[C@@](NC(=O)c1cc(F)c(F)cc1[N+](=O)[O-])(C(=O)O)C1CCCCC1. The van der Waals surface area contributed by atoms with E-state index in [9.17, 15) is 33.6 Å². The van der Waals surface area contributed by atoms with Crippen molar-refractivity contribution in [1.82, 2.24) is 5.32 Å². The molecule has 0 aromatic heterocycles. The van der Waals surface area contributed by atoms with E-state index in [2.05, 4.69) is 5.32 Å². The third-order valence-corrected chi connectivity index (χ3v) is 4.72. The predicted octanol–water partition coefficient (Wildman–Crippen LogP) is 3.03. The van der Waals surface area contributed by atoms with E-state index >= 15 is 0 Å². The van der Waals surface area contributed by atoms with Crippen molar-refractivity contribution in [3.05, 3.63) is 39.4 Å². The number of nitro groups is 1. The van der Waals surface area contributed by atoms with Gasteiger partial charge in [0.15, 0.2) is 11.6 Å². The second-order valence-corrected chi connectivity index (χ2v) is 6.34. The van der Waals surface area contributed by atoms with Crippen molar-refractivity contribution in [2.75, 3.05) is 0 Å². The van der Waals surface area contributed by atoms with E-state index in [1.54, 1.807) is 0 Å². The first kappa shape index (κ1) is 18.8. The number of aliphatic carboxylic acids is 1. The summed E-state index contributed by atoms with van der Waals surface area (Å²) in [6.07, 6.45) is 3.77. The predicted molar refractivity (Wildman–Crippen MR) is 83.1 cm³/mol. The maximum absolute atomic E-state index is 13.4. The zero-order valence-electron chi connectivity index (χ0n) is 13.6. The minimum atomic E-state index is -1.66. The molecule has 0 unspecified atom stereocenters. The lowest BCUT2D eigenvalue weighted by atomic mass is 9.75. The van der Waals surface area contributed by atoms with Crippen molar-refractivity contribution in [3.63, 3.8) is 0 Å². The van der Waals surface area contributed by atoms with E-state index in [1.807, 2.05) is 0 Å². The molecule has 1 aromatic carbocycles. The van der Waals surface area contributed by atoms with Crippen molar-refractivity contribution in [2.45, 2.75) is 44.6 Å². The summed E-state index contributed by atoms with van der Waals surface area (Å²) >= 11 is 0. The fourth-order valence-corrected chi connectivity index (χ4v) is 3.18. The van der Waals surface area contributed by atoms with Gasteiger partial charge < -0.3 is 10.4 Å². The molecule has 9 heteroatoms. The number of hydrogen-bond acceptors (Lipinski definition) is 4. The van der Waals surface area contributed by atoms with Gasteiger partial charge in [-0.3, -0.25) is 14.9 Å². The van der Waals surface area contributed by atoms with E-state index in [1.165, 1.54) is 6.92 Å². The minimum absolute atomic E-state index is 0.308. The van der Waals surface area contributed by atoms with Crippen LogP contribution in [0.3, 0.4) is 0 Å². The molecule has 0 radical (unpaired) electrons. The van der Waals surface area contributed by atoms with Gasteiger partial charge in [0.05, 0.1) is 11.0 Å². The Kier molecular flexibility index (Phi) is 5.34. The first-order valence-corrected chi connectivity index (χ1v) is 7.86. The first-order chi connectivity index (χ1) is 11.7. The first-order valence-electron chi connectivity index (χ1n) is 7.86. The van der Waals surface area contributed by atoms with Gasteiger partial charge in [-0.15, -0.1) is 0 Å². The van der Waals surface area contributed by atoms with Crippen LogP contribution in [0.5, 0.6) is 0 Å². The third kappa shape index (κ3) is 3.75. The van der Waals surface area contributed by atoms with Crippen LogP contribution in [-0.2, 0) is 4.79 Å². The fourth-order valence-electron chi connectivity index (χ4n) is 3.18. The van der Waals surface area contributed by atoms with Crippen LogP contribution in [-0.4, -0.2) is 27.4 Å². The number of amides is 1. The highest BCUT2D eigenvalue weighted by Gasteiger charge is 2.44. The fraction of sp³-hybridized carbons (Fsp3) is 0.500. The zero-order valence-corrected chi connectivity index (χ0v) is 13.6. The van der Waals surface area contributed by atoms with Gasteiger partial charge >= 0.3 is 5.97 Å². The average Bonchev–Trinajstić information content (AvgIpc) is 2.57. The summed E-state index contributed by atoms with van der Waals surface area (Å²) < 4.78 is 26.7. The number of carboxylic acids is 1. The second-order valence-electron chi connectivity index (χ2n) is 6.34. The maximum atomic E-state index is 13.4. The summed E-state index contributed by atoms with van der Waals surface area (Å²) in [5.41, 5.74) is -3.30. The number of carbonyl (C=O) groups excluding carboxylic acids is 1. The van der Waals surface area contributed by atoms with Crippen LogP contribution >= 0.6 is 0 Å². The van der Waals surface area contributed by atoms with Crippen LogP contribution in [0.4, 0.5) is 14.5 Å². The second kappa shape index (κ2) is 7.12. The number of nitro benzene ring substituents is 1. The van der Waals surface area contributed by atoms with Gasteiger partial charge in [0.2, 0.25) is 0 Å². The molecule has 0 heterocycles. The standard InChI is InChI=1S/C16H18F2N2O5/c1-16(15(22)23,9-5-3-2-4-6-9)19-14(21)10-7-11(17)12(18)8-13(10)20(24)25/h7-9H,2-6H2,1H3,(H,19,21)(H,22,23)/t16-/m0/s1. The largest absolute Gasteiger partial charge is 0.480 e. The summed E-state index contributed by atoms with van der Waals surface area (Å²) in [5, 5.41) is 22.9. The number of rotatable bonds is 5. The minimum Gasteiger partial charge on any atom is -0.480 e. The van der Waals surface area contributed by atoms with E-state index in [-0.39, 0.29) is 5.92 Å². The van der Waals surface area contributed by atoms with Gasteiger partial charge in [-0.2, -0.15) is 0 Å². The zero-order chi connectivity index (χ0) is 18.8. The highest BCUT2D eigenvalue weighted by molar-refractivity contribution is 6.01. The molecular formula is C16H18F2N2O5. The van der Waals surface area contributed by atoms with Crippen LogP contribution in [0.15, 0.2) is 12.1 Å². The molecule has 0 bridgehead atoms. The molecule has 1 amide bonds. The quantitative estimate of drug-likeness (QED) is 0.622. The van der Waals surface area contributed by atoms with Crippen LogP contribution in [0.1, 0.15) is 49.4 Å². The molecule has 1 fully saturated rings. The molecule has 0 aliphatic heterocycles. The Hall–Kier alpha value is -2.58. The Morgan fingerprint density at radius 1 is 1.24 bits per heavy atom. The monoisotopic (exact) mass is 356 g/mol. The molecule has 1 aromatic rings. The highest BCUT2D eigenvalue weighted by Crippen LogP contribution is 2.33. The van der Waals surface area contributed by atoms with Gasteiger partial charge in [-0.25, -0.2) is 13.6 Å². The summed E-state index contributed by atoms with van der Waals surface area (Å²) in [7, 11) is 0. The van der Waals surface area contributed by atoms with E-state index < -0.39 is 45.2 Å². The molecule has 1 aliphatic rings. The Balaban J connectivity index is 2.37. The molecule has 0 spiro atoms. The van der Waals surface area contributed by atoms with Gasteiger partial charge in [0, 0.05) is 0 Å². The lowest BCUT2D eigenvalue weighted by Crippen LogP contribution is -2.57. The Morgan fingerprint density at radius 3 is 2.32 bits per heavy atom.